The zero-order valence-electron chi connectivity index (χ0n) is 27.4. The van der Waals surface area contributed by atoms with Crippen molar-refractivity contribution in [3.05, 3.63) is 182 Å². The minimum Gasteiger partial charge on any atom is -0.309 e. The van der Waals surface area contributed by atoms with E-state index in [0.717, 1.165) is 12.2 Å². The molecule has 1 aliphatic heterocycles. The van der Waals surface area contributed by atoms with Crippen LogP contribution in [0.5, 0.6) is 0 Å². The van der Waals surface area contributed by atoms with E-state index < -0.39 is 0 Å². The highest BCUT2D eigenvalue weighted by atomic mass is 15.0. The molecule has 3 nitrogen and oxygen atoms in total. The number of hydrogen-bond donors (Lipinski definition) is 0. The number of fused-ring (bicyclic) bond motifs is 6. The van der Waals surface area contributed by atoms with Gasteiger partial charge in [0.05, 0.1) is 22.1 Å². The molecule has 0 bridgehead atoms. The molecule has 0 aliphatic carbocycles. The first-order valence-electron chi connectivity index (χ1n) is 17.3. The van der Waals surface area contributed by atoms with Crippen LogP contribution in [0.1, 0.15) is 11.5 Å². The summed E-state index contributed by atoms with van der Waals surface area (Å²) in [7, 11) is 0. The van der Waals surface area contributed by atoms with Gasteiger partial charge in [-0.3, -0.25) is 4.99 Å². The van der Waals surface area contributed by atoms with Gasteiger partial charge in [0.25, 0.3) is 0 Å². The Kier molecular flexibility index (Phi) is 6.63. The lowest BCUT2D eigenvalue weighted by atomic mass is 9.95. The highest BCUT2D eigenvalue weighted by Crippen LogP contribution is 2.39. The topological polar surface area (TPSA) is 22.2 Å². The van der Waals surface area contributed by atoms with Gasteiger partial charge < -0.3 is 9.13 Å². The van der Waals surface area contributed by atoms with Crippen molar-refractivity contribution in [2.75, 3.05) is 6.54 Å². The lowest BCUT2D eigenvalue weighted by molar-refractivity contribution is 0.847. The van der Waals surface area contributed by atoms with Gasteiger partial charge in [-0.15, -0.1) is 0 Å². The second kappa shape index (κ2) is 11.6. The largest absolute Gasteiger partial charge is 0.309 e. The first kappa shape index (κ1) is 28.6. The number of hydrogen-bond acceptors (Lipinski definition) is 1. The zero-order chi connectivity index (χ0) is 33.0. The Balaban J connectivity index is 1.13. The summed E-state index contributed by atoms with van der Waals surface area (Å²) in [5.41, 5.74) is 13.3. The maximum atomic E-state index is 4.55. The van der Waals surface area contributed by atoms with Crippen molar-refractivity contribution >= 4 is 49.8 Å². The highest BCUT2D eigenvalue weighted by molar-refractivity contribution is 6.13. The highest BCUT2D eigenvalue weighted by Gasteiger charge is 2.18. The summed E-state index contributed by atoms with van der Waals surface area (Å²) in [6.07, 6.45) is 6.23. The zero-order valence-corrected chi connectivity index (χ0v) is 27.4. The first-order chi connectivity index (χ1) is 24.8. The Morgan fingerprint density at radius 1 is 0.420 bits per heavy atom. The lowest BCUT2D eigenvalue weighted by Gasteiger charge is -2.13. The fourth-order valence-corrected chi connectivity index (χ4v) is 7.87. The van der Waals surface area contributed by atoms with E-state index in [0.29, 0.717) is 0 Å². The molecule has 7 aromatic carbocycles. The van der Waals surface area contributed by atoms with E-state index in [4.69, 9.17) is 0 Å². The van der Waals surface area contributed by atoms with Crippen LogP contribution in [-0.2, 0) is 0 Å². The minimum absolute atomic E-state index is 0.289. The molecule has 0 saturated carbocycles. The average Bonchev–Trinajstić information content (AvgIpc) is 3.71. The van der Waals surface area contributed by atoms with Crippen molar-refractivity contribution in [1.29, 1.82) is 0 Å². The maximum absolute atomic E-state index is 4.55. The molecule has 3 heterocycles. The van der Waals surface area contributed by atoms with Gasteiger partial charge in [-0.1, -0.05) is 103 Å². The predicted molar refractivity (Wildman–Crippen MR) is 211 cm³/mol. The smallest absolute Gasteiger partial charge is 0.0541 e. The SMILES string of the molecule is C1=CC(c2ccc3c(c2)c2cc(-c4ccc5c(c4)c4ccccc4n5-c4ccc(-c5ccccc5)cc4)ccc2n3-c2ccccc2)CN=C1. The Morgan fingerprint density at radius 2 is 0.940 bits per heavy atom. The molecule has 1 unspecified atom stereocenters. The first-order valence-corrected chi connectivity index (χ1v) is 17.3. The number of para-hydroxylation sites is 2. The molecule has 1 atom stereocenters. The van der Waals surface area contributed by atoms with Gasteiger partial charge in [-0.2, -0.15) is 0 Å². The van der Waals surface area contributed by atoms with Crippen molar-refractivity contribution in [2.24, 2.45) is 4.99 Å². The molecule has 0 amide bonds. The van der Waals surface area contributed by atoms with E-state index in [1.54, 1.807) is 0 Å². The van der Waals surface area contributed by atoms with Gasteiger partial charge in [-0.25, -0.2) is 0 Å². The van der Waals surface area contributed by atoms with Crippen LogP contribution < -0.4 is 0 Å². The summed E-state index contributed by atoms with van der Waals surface area (Å²) in [6, 6.07) is 59.8. The Bertz CT molecular complexity index is 2760. The van der Waals surface area contributed by atoms with Crippen LogP contribution in [-0.4, -0.2) is 21.9 Å². The normalized spacial score (nSPS) is 14.4. The number of aromatic nitrogens is 2. The second-order valence-electron chi connectivity index (χ2n) is 13.2. The predicted octanol–water partition coefficient (Wildman–Crippen LogP) is 11.9. The Hall–Kier alpha value is -6.45. The molecule has 10 rings (SSSR count). The third-order valence-corrected chi connectivity index (χ3v) is 10.3. The molecular formula is C47H33N3. The molecule has 2 aromatic heterocycles. The van der Waals surface area contributed by atoms with Gasteiger partial charge in [-0.05, 0) is 101 Å². The molecule has 236 valence electrons. The van der Waals surface area contributed by atoms with Crippen LogP contribution in [0.25, 0.3) is 77.2 Å². The molecule has 0 fully saturated rings. The van der Waals surface area contributed by atoms with Crippen molar-refractivity contribution in [3.8, 4) is 33.6 Å². The maximum Gasteiger partial charge on any atom is 0.0541 e. The van der Waals surface area contributed by atoms with Crippen LogP contribution in [0, 0.1) is 0 Å². The van der Waals surface area contributed by atoms with Crippen molar-refractivity contribution in [1.82, 2.24) is 9.13 Å². The lowest BCUT2D eigenvalue weighted by Crippen LogP contribution is -2.03. The van der Waals surface area contributed by atoms with Crippen LogP contribution in [0.15, 0.2) is 181 Å². The van der Waals surface area contributed by atoms with Gasteiger partial charge in [0, 0.05) is 51.6 Å². The number of benzene rings is 7. The van der Waals surface area contributed by atoms with Crippen molar-refractivity contribution in [3.63, 3.8) is 0 Å². The van der Waals surface area contributed by atoms with E-state index in [9.17, 15) is 0 Å². The molecule has 9 aromatic rings. The Morgan fingerprint density at radius 3 is 1.62 bits per heavy atom. The van der Waals surface area contributed by atoms with Gasteiger partial charge in [0.2, 0.25) is 0 Å². The van der Waals surface area contributed by atoms with Gasteiger partial charge in [0.1, 0.15) is 0 Å². The van der Waals surface area contributed by atoms with Crippen LogP contribution >= 0.6 is 0 Å². The summed E-state index contributed by atoms with van der Waals surface area (Å²) in [5.74, 6) is 0.289. The molecule has 50 heavy (non-hydrogen) atoms. The van der Waals surface area contributed by atoms with E-state index in [1.807, 2.05) is 6.21 Å². The molecule has 0 N–H and O–H groups in total. The number of nitrogens with zero attached hydrogens (tertiary/aromatic N) is 3. The van der Waals surface area contributed by atoms with Crippen LogP contribution in [0.3, 0.4) is 0 Å². The standard InChI is InChI=1S/C47H33N3/c1-3-10-32(11-4-1)33-17-22-39(23-18-33)50-44-16-8-7-15-40(44)41-28-34(19-24-45(41)50)35-20-25-46-42(29-35)43-30-36(37-12-9-27-48-31-37)21-26-47(43)49(46)38-13-5-2-6-14-38/h1-30,37H,31H2. The monoisotopic (exact) mass is 639 g/mol. The molecule has 0 saturated heterocycles. The van der Waals surface area contributed by atoms with E-state index >= 15 is 0 Å². The van der Waals surface area contributed by atoms with E-state index in [2.05, 4.69) is 190 Å². The molecule has 0 radical (unpaired) electrons. The fraction of sp³-hybridized carbons (Fsp3) is 0.0426. The Labute approximate surface area is 290 Å². The molecule has 1 aliphatic rings. The van der Waals surface area contributed by atoms with Crippen molar-refractivity contribution < 1.29 is 0 Å². The summed E-state index contributed by atoms with van der Waals surface area (Å²) in [6.45, 7) is 0.787. The number of aliphatic imine (C=N–C) groups is 1. The van der Waals surface area contributed by atoms with Crippen LogP contribution in [0.2, 0.25) is 0 Å². The number of rotatable bonds is 5. The van der Waals surface area contributed by atoms with Gasteiger partial charge in [0.15, 0.2) is 0 Å². The quantitative estimate of drug-likeness (QED) is 0.179. The number of dihydropyridines is 1. The number of allylic oxidation sites excluding steroid dienone is 1. The third kappa shape index (κ3) is 4.62. The van der Waals surface area contributed by atoms with Crippen molar-refractivity contribution in [2.45, 2.75) is 5.92 Å². The summed E-state index contributed by atoms with van der Waals surface area (Å²) >= 11 is 0. The molecule has 0 spiro atoms. The summed E-state index contributed by atoms with van der Waals surface area (Å²) in [4.78, 5) is 4.55. The summed E-state index contributed by atoms with van der Waals surface area (Å²) in [5, 5.41) is 5.03. The molecular weight excluding hydrogens is 607 g/mol. The minimum atomic E-state index is 0.289. The van der Waals surface area contributed by atoms with Crippen LogP contribution in [0.4, 0.5) is 0 Å². The average molecular weight is 640 g/mol. The van der Waals surface area contributed by atoms with Gasteiger partial charge >= 0.3 is 0 Å². The van der Waals surface area contributed by atoms with E-state index in [1.165, 1.54) is 77.1 Å². The fourth-order valence-electron chi connectivity index (χ4n) is 7.87. The second-order valence-corrected chi connectivity index (χ2v) is 13.2. The molecule has 3 heteroatoms. The van der Waals surface area contributed by atoms with E-state index in [-0.39, 0.29) is 5.92 Å². The summed E-state index contributed by atoms with van der Waals surface area (Å²) < 4.78 is 4.79. The third-order valence-electron chi connectivity index (χ3n) is 10.3.